The minimum atomic E-state index is -1.49. The number of carbonyl (C=O) groups excluding carboxylic acids is 1. The van der Waals surface area contributed by atoms with E-state index >= 15 is 0 Å². The monoisotopic (exact) mass is 354 g/mol. The minimum Gasteiger partial charge on any atom is -0.449 e. The molecule has 0 saturated carbocycles. The molecule has 132 valence electrons. The fourth-order valence-corrected chi connectivity index (χ4v) is 3.26. The summed E-state index contributed by atoms with van der Waals surface area (Å²) in [4.78, 5) is 42.1. The molecule has 26 heavy (non-hydrogen) atoms. The highest BCUT2D eigenvalue weighted by Crippen LogP contribution is 2.35. The van der Waals surface area contributed by atoms with E-state index in [-0.39, 0.29) is 11.5 Å². The van der Waals surface area contributed by atoms with Crippen LogP contribution in [0.3, 0.4) is 0 Å². The van der Waals surface area contributed by atoms with E-state index < -0.39 is 11.7 Å². The van der Waals surface area contributed by atoms with Gasteiger partial charge in [0.25, 0.3) is 5.56 Å². The van der Waals surface area contributed by atoms with Gasteiger partial charge in [-0.25, -0.2) is 4.79 Å². The predicted molar refractivity (Wildman–Crippen MR) is 90.2 cm³/mol. The number of benzene rings is 1. The Kier molecular flexibility index (Phi) is 3.50. The molecule has 0 aliphatic heterocycles. The Balaban J connectivity index is 1.80. The van der Waals surface area contributed by atoms with Crippen LogP contribution in [-0.4, -0.2) is 44.0 Å². The second-order valence-electron chi connectivity index (χ2n) is 6.11. The van der Waals surface area contributed by atoms with E-state index in [1.54, 1.807) is 11.4 Å². The van der Waals surface area contributed by atoms with Gasteiger partial charge in [-0.05, 0) is 11.1 Å². The number of aromatic nitrogens is 3. The van der Waals surface area contributed by atoms with Crippen LogP contribution in [0.1, 0.15) is 16.8 Å². The largest absolute Gasteiger partial charge is 0.512 e. The Labute approximate surface area is 146 Å². The molecule has 0 saturated heterocycles. The smallest absolute Gasteiger partial charge is 0.449 e. The quantitative estimate of drug-likeness (QED) is 0.421. The summed E-state index contributed by atoms with van der Waals surface area (Å²) in [5.74, 6) is -0.152. The van der Waals surface area contributed by atoms with Crippen LogP contribution in [0.25, 0.3) is 16.9 Å². The Hall–Kier alpha value is -3.62. The highest BCUT2D eigenvalue weighted by Gasteiger charge is 2.25. The molecule has 2 heterocycles. The third kappa shape index (κ3) is 2.50. The summed E-state index contributed by atoms with van der Waals surface area (Å²) in [6.45, 7) is 0.487. The van der Waals surface area contributed by atoms with Gasteiger partial charge in [0.15, 0.2) is 0 Å². The summed E-state index contributed by atoms with van der Waals surface area (Å²) < 4.78 is 6.12. The summed E-state index contributed by atoms with van der Waals surface area (Å²) in [7, 11) is 1.70. The molecule has 0 spiro atoms. The zero-order chi connectivity index (χ0) is 18.4. The van der Waals surface area contributed by atoms with Gasteiger partial charge in [0.05, 0.1) is 17.6 Å². The van der Waals surface area contributed by atoms with Gasteiger partial charge >= 0.3 is 6.16 Å². The highest BCUT2D eigenvalue weighted by molar-refractivity contribution is 5.74. The first-order valence-corrected chi connectivity index (χ1v) is 7.79. The average molecular weight is 354 g/mol. The number of rotatable bonds is 4. The fourth-order valence-electron chi connectivity index (χ4n) is 3.26. The first-order valence-electron chi connectivity index (χ1n) is 7.79. The molecule has 0 fully saturated rings. The molecular formula is C17H14N4O5. The number of carbonyl (C=O) groups is 2. The standard InChI is InChI=1S/C17H14N4O5/c1-20(8-22)6-9-2-3-11-10(4-9)5-12-14(11)19-16(23)15-18-13(7-21(12)15)26-17(24)25/h2-4,7-8H,5-6H2,1H3,(H,19,23)(H,24,25). The van der Waals surface area contributed by atoms with Crippen LogP contribution >= 0.6 is 0 Å². The summed E-state index contributed by atoms with van der Waals surface area (Å²) in [6, 6.07) is 5.80. The third-order valence-electron chi connectivity index (χ3n) is 4.31. The van der Waals surface area contributed by atoms with Gasteiger partial charge in [0.1, 0.15) is 0 Å². The van der Waals surface area contributed by atoms with Crippen LogP contribution in [0.4, 0.5) is 4.79 Å². The molecule has 9 nitrogen and oxygen atoms in total. The van der Waals surface area contributed by atoms with Crippen molar-refractivity contribution in [2.24, 2.45) is 0 Å². The second kappa shape index (κ2) is 5.73. The summed E-state index contributed by atoms with van der Waals surface area (Å²) in [5.41, 5.74) is 4.00. The zero-order valence-corrected chi connectivity index (χ0v) is 13.7. The van der Waals surface area contributed by atoms with Crippen LogP contribution in [0, 0.1) is 0 Å². The van der Waals surface area contributed by atoms with Crippen molar-refractivity contribution in [1.82, 2.24) is 19.3 Å². The summed E-state index contributed by atoms with van der Waals surface area (Å²) in [6.07, 6.45) is 1.20. The maximum absolute atomic E-state index is 12.3. The lowest BCUT2D eigenvalue weighted by atomic mass is 10.1. The zero-order valence-electron chi connectivity index (χ0n) is 13.7. The first kappa shape index (κ1) is 15.9. The van der Waals surface area contributed by atoms with Gasteiger partial charge < -0.3 is 19.7 Å². The van der Waals surface area contributed by atoms with Crippen molar-refractivity contribution in [2.45, 2.75) is 13.0 Å². The van der Waals surface area contributed by atoms with Crippen LogP contribution in [0.2, 0.25) is 0 Å². The molecule has 2 N–H and O–H groups in total. The lowest BCUT2D eigenvalue weighted by Crippen LogP contribution is -2.14. The molecule has 1 aliphatic rings. The van der Waals surface area contributed by atoms with Gasteiger partial charge in [-0.15, -0.1) is 0 Å². The molecule has 1 amide bonds. The van der Waals surface area contributed by atoms with Gasteiger partial charge in [-0.1, -0.05) is 18.2 Å². The number of fused-ring (bicyclic) bond motifs is 5. The average Bonchev–Trinajstić information content (AvgIpc) is 3.15. The SMILES string of the molecule is CN(C=O)Cc1ccc2c(c1)Cc1c-2[nH]c(=O)c2nc(OC(=O)O)cn12. The number of hydrogen-bond acceptors (Lipinski definition) is 5. The molecule has 9 heteroatoms. The van der Waals surface area contributed by atoms with Crippen LogP contribution in [-0.2, 0) is 17.8 Å². The van der Waals surface area contributed by atoms with Crippen molar-refractivity contribution in [3.8, 4) is 17.1 Å². The van der Waals surface area contributed by atoms with E-state index in [0.717, 1.165) is 28.8 Å². The third-order valence-corrected chi connectivity index (χ3v) is 4.31. The Bertz CT molecular complexity index is 1110. The fraction of sp³-hybridized carbons (Fsp3) is 0.176. The second-order valence-corrected chi connectivity index (χ2v) is 6.11. The van der Waals surface area contributed by atoms with E-state index in [4.69, 9.17) is 5.11 Å². The van der Waals surface area contributed by atoms with E-state index in [0.29, 0.717) is 18.7 Å². The number of hydrogen-bond donors (Lipinski definition) is 2. The van der Waals surface area contributed by atoms with Gasteiger partial charge in [0, 0.05) is 25.6 Å². The topological polar surface area (TPSA) is 117 Å². The number of nitrogens with zero attached hydrogens (tertiary/aromatic N) is 3. The number of amides is 1. The molecule has 2 aromatic heterocycles. The van der Waals surface area contributed by atoms with Gasteiger partial charge in [-0.2, -0.15) is 4.98 Å². The van der Waals surface area contributed by atoms with Crippen molar-refractivity contribution in [2.75, 3.05) is 7.05 Å². The maximum Gasteiger partial charge on any atom is 0.512 e. The summed E-state index contributed by atoms with van der Waals surface area (Å²) >= 11 is 0. The molecular weight excluding hydrogens is 340 g/mol. The molecule has 0 atom stereocenters. The summed E-state index contributed by atoms with van der Waals surface area (Å²) in [5, 5.41) is 8.73. The van der Waals surface area contributed by atoms with Crippen LogP contribution in [0.15, 0.2) is 29.2 Å². The molecule has 0 unspecified atom stereocenters. The van der Waals surface area contributed by atoms with E-state index in [9.17, 15) is 14.4 Å². The maximum atomic E-state index is 12.3. The lowest BCUT2D eigenvalue weighted by molar-refractivity contribution is -0.117. The number of H-pyrrole nitrogens is 1. The van der Waals surface area contributed by atoms with Gasteiger partial charge in [-0.3, -0.25) is 14.0 Å². The van der Waals surface area contributed by atoms with Crippen LogP contribution in [0.5, 0.6) is 5.88 Å². The molecule has 0 bridgehead atoms. The number of carboxylic acid groups (broad SMARTS) is 1. The number of nitrogens with one attached hydrogen (secondary N) is 1. The molecule has 3 aromatic rings. The van der Waals surface area contributed by atoms with Crippen molar-refractivity contribution < 1.29 is 19.4 Å². The van der Waals surface area contributed by atoms with E-state index in [1.807, 2.05) is 18.2 Å². The first-order chi connectivity index (χ1) is 12.5. The van der Waals surface area contributed by atoms with E-state index in [2.05, 4.69) is 14.7 Å². The predicted octanol–water partition coefficient (Wildman–Crippen LogP) is 1.24. The Morgan fingerprint density at radius 1 is 1.50 bits per heavy atom. The highest BCUT2D eigenvalue weighted by atomic mass is 16.7. The van der Waals surface area contributed by atoms with Crippen molar-refractivity contribution in [3.05, 3.63) is 51.6 Å². The minimum absolute atomic E-state index is 0.0775. The number of imidazole rings is 1. The molecule has 1 aromatic carbocycles. The lowest BCUT2D eigenvalue weighted by Gasteiger charge is -2.11. The van der Waals surface area contributed by atoms with Crippen molar-refractivity contribution in [3.63, 3.8) is 0 Å². The van der Waals surface area contributed by atoms with Crippen LogP contribution < -0.4 is 10.3 Å². The normalized spacial score (nSPS) is 11.9. The van der Waals surface area contributed by atoms with Crippen molar-refractivity contribution in [1.29, 1.82) is 0 Å². The number of aromatic amines is 1. The number of ether oxygens (including phenoxy) is 1. The Morgan fingerprint density at radius 3 is 3.04 bits per heavy atom. The van der Waals surface area contributed by atoms with Gasteiger partial charge in [0.2, 0.25) is 17.9 Å². The molecule has 4 rings (SSSR count). The Morgan fingerprint density at radius 2 is 2.31 bits per heavy atom. The molecule has 0 radical (unpaired) electrons. The van der Waals surface area contributed by atoms with Crippen molar-refractivity contribution >= 4 is 18.2 Å². The van der Waals surface area contributed by atoms with E-state index in [1.165, 1.54) is 11.1 Å². The molecule has 1 aliphatic carbocycles.